The number of fused-ring (bicyclic) bond motifs is 1. The smallest absolute Gasteiger partial charge is 0.303 e. The molecule has 0 radical (unpaired) electrons. The number of aliphatic carboxylic acids is 1. The van der Waals surface area contributed by atoms with E-state index in [2.05, 4.69) is 6.92 Å². The van der Waals surface area contributed by atoms with Gasteiger partial charge < -0.3 is 14.6 Å². The molecule has 3 rings (SSSR count). The molecule has 0 atom stereocenters. The average molecular weight is 433 g/mol. The molecule has 0 saturated heterocycles. The highest BCUT2D eigenvalue weighted by molar-refractivity contribution is 5.67. The lowest BCUT2D eigenvalue weighted by Crippen LogP contribution is -2.25. The van der Waals surface area contributed by atoms with E-state index in [0.29, 0.717) is 35.3 Å². The molecule has 2 aromatic rings. The van der Waals surface area contributed by atoms with Crippen molar-refractivity contribution in [2.24, 2.45) is 0 Å². The number of unbranched alkanes of at least 4 members (excludes halogenated alkanes) is 2. The Labute approximate surface area is 182 Å². The minimum absolute atomic E-state index is 0.0179. The van der Waals surface area contributed by atoms with Crippen LogP contribution in [0.25, 0.3) is 0 Å². The van der Waals surface area contributed by atoms with E-state index >= 15 is 4.39 Å². The van der Waals surface area contributed by atoms with Gasteiger partial charge in [-0.2, -0.15) is 0 Å². The van der Waals surface area contributed by atoms with Gasteiger partial charge in [-0.15, -0.1) is 0 Å². The molecule has 0 bridgehead atoms. The number of benzene rings is 2. The van der Waals surface area contributed by atoms with Crippen LogP contribution >= 0.6 is 0 Å². The second-order valence-electron chi connectivity index (χ2n) is 8.75. The van der Waals surface area contributed by atoms with E-state index in [1.165, 1.54) is 18.2 Å². The van der Waals surface area contributed by atoms with E-state index < -0.39 is 17.4 Å². The lowest BCUT2D eigenvalue weighted by molar-refractivity contribution is -0.136. The van der Waals surface area contributed by atoms with Crippen LogP contribution < -0.4 is 9.47 Å². The quantitative estimate of drug-likeness (QED) is 0.467. The molecule has 0 aliphatic carbocycles. The van der Waals surface area contributed by atoms with Gasteiger partial charge in [-0.25, -0.2) is 8.78 Å². The summed E-state index contributed by atoms with van der Waals surface area (Å²) in [4.78, 5) is 11.0. The first-order chi connectivity index (χ1) is 14.7. The third kappa shape index (κ3) is 5.75. The zero-order chi connectivity index (χ0) is 22.6. The van der Waals surface area contributed by atoms with E-state index in [0.717, 1.165) is 24.8 Å². The molecule has 0 aromatic heterocycles. The van der Waals surface area contributed by atoms with Crippen molar-refractivity contribution in [2.75, 3.05) is 0 Å². The fraction of sp³-hybridized carbons (Fsp3) is 0.480. The number of carboxylic acids is 1. The summed E-state index contributed by atoms with van der Waals surface area (Å²) in [5.41, 5.74) is 2.11. The van der Waals surface area contributed by atoms with Crippen molar-refractivity contribution in [3.63, 3.8) is 0 Å². The van der Waals surface area contributed by atoms with E-state index in [1.807, 2.05) is 13.8 Å². The molecule has 4 nitrogen and oxygen atoms in total. The minimum Gasteiger partial charge on any atom is -0.487 e. The van der Waals surface area contributed by atoms with Crippen LogP contribution in [-0.2, 0) is 30.7 Å². The summed E-state index contributed by atoms with van der Waals surface area (Å²) in [6, 6.07) is 6.09. The molecular weight excluding hydrogens is 402 g/mol. The van der Waals surface area contributed by atoms with Gasteiger partial charge in [-0.3, -0.25) is 4.79 Å². The number of ether oxygens (including phenoxy) is 2. The highest BCUT2D eigenvalue weighted by atomic mass is 19.1. The third-order valence-electron chi connectivity index (χ3n) is 5.53. The molecule has 2 aromatic carbocycles. The third-order valence-corrected chi connectivity index (χ3v) is 5.53. The Kier molecular flexibility index (Phi) is 7.19. The summed E-state index contributed by atoms with van der Waals surface area (Å²) in [6.07, 6.45) is 4.13. The number of hydrogen-bond acceptors (Lipinski definition) is 3. The molecule has 0 saturated carbocycles. The summed E-state index contributed by atoms with van der Waals surface area (Å²) < 4.78 is 41.1. The first kappa shape index (κ1) is 23.0. The number of aryl methyl sites for hydroxylation is 1. The zero-order valence-electron chi connectivity index (χ0n) is 18.4. The van der Waals surface area contributed by atoms with Crippen molar-refractivity contribution in [3.8, 4) is 11.5 Å². The Bertz CT molecular complexity index is 953. The largest absolute Gasteiger partial charge is 0.487 e. The van der Waals surface area contributed by atoms with Crippen LogP contribution in [0.1, 0.15) is 68.7 Å². The normalized spacial score (nSPS) is 14.2. The van der Waals surface area contributed by atoms with Crippen LogP contribution in [0.4, 0.5) is 8.78 Å². The van der Waals surface area contributed by atoms with Crippen LogP contribution in [0.3, 0.4) is 0 Å². The Morgan fingerprint density at radius 2 is 1.94 bits per heavy atom. The maximum atomic E-state index is 15.3. The Morgan fingerprint density at radius 1 is 1.16 bits per heavy atom. The number of hydrogen-bond donors (Lipinski definition) is 1. The van der Waals surface area contributed by atoms with E-state index in [1.54, 1.807) is 6.07 Å². The lowest BCUT2D eigenvalue weighted by Gasteiger charge is -2.19. The van der Waals surface area contributed by atoms with Crippen molar-refractivity contribution < 1.29 is 28.2 Å². The zero-order valence-corrected chi connectivity index (χ0v) is 18.4. The predicted molar refractivity (Wildman–Crippen MR) is 115 cm³/mol. The monoisotopic (exact) mass is 432 g/mol. The minimum atomic E-state index is -0.914. The lowest BCUT2D eigenvalue weighted by atomic mass is 9.97. The first-order valence-electron chi connectivity index (χ1n) is 10.9. The van der Waals surface area contributed by atoms with Crippen LogP contribution in [0.2, 0.25) is 0 Å². The summed E-state index contributed by atoms with van der Waals surface area (Å²) in [5, 5.41) is 8.99. The first-order valence-corrected chi connectivity index (χ1v) is 10.9. The van der Waals surface area contributed by atoms with Crippen molar-refractivity contribution in [2.45, 2.75) is 77.9 Å². The molecule has 1 heterocycles. The summed E-state index contributed by atoms with van der Waals surface area (Å²) in [6.45, 7) is 5.93. The molecule has 0 spiro atoms. The second kappa shape index (κ2) is 9.67. The number of rotatable bonds is 10. The maximum Gasteiger partial charge on any atom is 0.303 e. The molecule has 0 amide bonds. The predicted octanol–water partition coefficient (Wildman–Crippen LogP) is 6.01. The van der Waals surface area contributed by atoms with Crippen LogP contribution in [-0.4, -0.2) is 16.7 Å². The fourth-order valence-electron chi connectivity index (χ4n) is 4.06. The Morgan fingerprint density at radius 3 is 2.65 bits per heavy atom. The van der Waals surface area contributed by atoms with Crippen molar-refractivity contribution in [3.05, 3.63) is 58.2 Å². The second-order valence-corrected chi connectivity index (χ2v) is 8.75. The topological polar surface area (TPSA) is 55.8 Å². The summed E-state index contributed by atoms with van der Waals surface area (Å²) in [5.74, 6) is -1.06. The SMILES string of the molecule is CCCCCc1c(CCC(=O)O)ccc(OCc2cc(F)cc3c2OC(C)(C)C3)c1F. The van der Waals surface area contributed by atoms with E-state index in [-0.39, 0.29) is 31.0 Å². The van der Waals surface area contributed by atoms with Gasteiger partial charge in [0.2, 0.25) is 0 Å². The standard InChI is InChI=1S/C25H30F2O4/c1-4-5-6-7-20-16(9-11-22(28)29)8-10-21(23(20)27)30-15-18-13-19(26)12-17-14-25(2,3)31-24(17)18/h8,10,12-13H,4-7,9,11,14-15H2,1-3H3,(H,28,29). The Balaban J connectivity index is 1.82. The maximum absolute atomic E-state index is 15.3. The molecule has 0 unspecified atom stereocenters. The van der Waals surface area contributed by atoms with Gasteiger partial charge in [0.25, 0.3) is 0 Å². The number of carboxylic acid groups (broad SMARTS) is 1. The van der Waals surface area contributed by atoms with Gasteiger partial charge >= 0.3 is 5.97 Å². The van der Waals surface area contributed by atoms with E-state index in [9.17, 15) is 9.18 Å². The van der Waals surface area contributed by atoms with Gasteiger partial charge in [0, 0.05) is 24.0 Å². The summed E-state index contributed by atoms with van der Waals surface area (Å²) in [7, 11) is 0. The van der Waals surface area contributed by atoms with Crippen molar-refractivity contribution in [1.29, 1.82) is 0 Å². The highest BCUT2D eigenvalue weighted by Crippen LogP contribution is 2.39. The van der Waals surface area contributed by atoms with Crippen LogP contribution in [0.15, 0.2) is 24.3 Å². The molecule has 31 heavy (non-hydrogen) atoms. The molecule has 1 aliphatic heterocycles. The Hall–Kier alpha value is -2.63. The van der Waals surface area contributed by atoms with Gasteiger partial charge in [-0.05, 0) is 62.4 Å². The van der Waals surface area contributed by atoms with Crippen molar-refractivity contribution >= 4 is 5.97 Å². The molecular formula is C25H30F2O4. The molecule has 168 valence electrons. The van der Waals surface area contributed by atoms with Gasteiger partial charge in [0.1, 0.15) is 23.8 Å². The average Bonchev–Trinajstić information content (AvgIpc) is 3.00. The van der Waals surface area contributed by atoms with Crippen LogP contribution in [0.5, 0.6) is 11.5 Å². The molecule has 1 aliphatic rings. The van der Waals surface area contributed by atoms with Gasteiger partial charge in [-0.1, -0.05) is 25.8 Å². The van der Waals surface area contributed by atoms with Gasteiger partial charge in [0.15, 0.2) is 11.6 Å². The summed E-state index contributed by atoms with van der Waals surface area (Å²) >= 11 is 0. The highest BCUT2D eigenvalue weighted by Gasteiger charge is 2.32. The number of halogens is 2. The van der Waals surface area contributed by atoms with Crippen LogP contribution in [0, 0.1) is 11.6 Å². The van der Waals surface area contributed by atoms with Crippen molar-refractivity contribution in [1.82, 2.24) is 0 Å². The molecule has 1 N–H and O–H groups in total. The number of carbonyl (C=O) groups is 1. The van der Waals surface area contributed by atoms with Gasteiger partial charge in [0.05, 0.1) is 0 Å². The molecule has 0 fully saturated rings. The van der Waals surface area contributed by atoms with E-state index in [4.69, 9.17) is 14.6 Å². The fourth-order valence-corrected chi connectivity index (χ4v) is 4.06. The molecule has 6 heteroatoms.